The van der Waals surface area contributed by atoms with E-state index in [0.717, 1.165) is 5.56 Å². The van der Waals surface area contributed by atoms with Crippen molar-refractivity contribution >= 4 is 11.9 Å². The molecule has 0 amide bonds. The molecule has 1 aromatic carbocycles. The minimum Gasteiger partial charge on any atom is -0.463 e. The number of aliphatic hydroxyl groups is 1. The van der Waals surface area contributed by atoms with Crippen LogP contribution in [-0.2, 0) is 30.4 Å². The molecule has 122 valence electrons. The van der Waals surface area contributed by atoms with Gasteiger partial charge in [-0.2, -0.15) is 0 Å². The molecule has 6 nitrogen and oxygen atoms in total. The molecule has 0 heterocycles. The van der Waals surface area contributed by atoms with Crippen LogP contribution in [0.25, 0.3) is 0 Å². The second kappa shape index (κ2) is 11.7. The highest BCUT2D eigenvalue weighted by molar-refractivity contribution is 5.72. The zero-order chi connectivity index (χ0) is 16.0. The van der Waals surface area contributed by atoms with E-state index in [-0.39, 0.29) is 38.6 Å². The van der Waals surface area contributed by atoms with Crippen molar-refractivity contribution in [2.75, 3.05) is 26.4 Å². The monoisotopic (exact) mass is 310 g/mol. The third kappa shape index (κ3) is 9.10. The summed E-state index contributed by atoms with van der Waals surface area (Å²) in [6, 6.07) is 9.73. The molecule has 0 saturated carbocycles. The average Bonchev–Trinajstić information content (AvgIpc) is 2.53. The van der Waals surface area contributed by atoms with E-state index in [1.165, 1.54) is 0 Å². The van der Waals surface area contributed by atoms with Crippen molar-refractivity contribution in [3.8, 4) is 0 Å². The highest BCUT2D eigenvalue weighted by Crippen LogP contribution is 2.02. The zero-order valence-electron chi connectivity index (χ0n) is 12.5. The number of carbonyl (C=O) groups excluding carboxylic acids is 2. The topological polar surface area (TPSA) is 82.1 Å². The van der Waals surface area contributed by atoms with Crippen LogP contribution in [0.2, 0.25) is 0 Å². The fourth-order valence-corrected chi connectivity index (χ4v) is 1.66. The molecule has 0 bridgehead atoms. The van der Waals surface area contributed by atoms with Crippen LogP contribution in [0.15, 0.2) is 30.3 Å². The Bertz CT molecular complexity index is 432. The van der Waals surface area contributed by atoms with Crippen molar-refractivity contribution in [3.63, 3.8) is 0 Å². The van der Waals surface area contributed by atoms with Gasteiger partial charge in [0.2, 0.25) is 0 Å². The first kappa shape index (κ1) is 18.1. The van der Waals surface area contributed by atoms with E-state index in [2.05, 4.69) is 4.74 Å². The Labute approximate surface area is 130 Å². The van der Waals surface area contributed by atoms with E-state index >= 15 is 0 Å². The third-order valence-corrected chi connectivity index (χ3v) is 2.72. The van der Waals surface area contributed by atoms with Crippen LogP contribution in [-0.4, -0.2) is 43.5 Å². The summed E-state index contributed by atoms with van der Waals surface area (Å²) in [6.45, 7) is 0.799. The van der Waals surface area contributed by atoms with E-state index in [0.29, 0.717) is 19.6 Å². The Kier molecular flexibility index (Phi) is 9.65. The van der Waals surface area contributed by atoms with Gasteiger partial charge in [-0.05, 0) is 12.0 Å². The molecule has 0 aromatic heterocycles. The molecule has 0 saturated heterocycles. The Morgan fingerprint density at radius 2 is 1.55 bits per heavy atom. The first-order valence-electron chi connectivity index (χ1n) is 7.26. The maximum absolute atomic E-state index is 11.4. The highest BCUT2D eigenvalue weighted by Gasteiger charge is 2.07. The molecule has 1 N–H and O–H groups in total. The van der Waals surface area contributed by atoms with Crippen LogP contribution in [0.5, 0.6) is 0 Å². The molecule has 0 aliphatic heterocycles. The Balaban J connectivity index is 1.96. The molecule has 22 heavy (non-hydrogen) atoms. The lowest BCUT2D eigenvalue weighted by Crippen LogP contribution is -2.12. The normalized spacial score (nSPS) is 10.2. The van der Waals surface area contributed by atoms with Gasteiger partial charge in [-0.3, -0.25) is 9.59 Å². The van der Waals surface area contributed by atoms with E-state index in [1.54, 1.807) is 0 Å². The molecular weight excluding hydrogens is 288 g/mol. The fourth-order valence-electron chi connectivity index (χ4n) is 1.66. The standard InChI is InChI=1S/C16H22O6/c17-9-10-21-15(18)7-4-8-16(19)22-12-11-20-13-14-5-2-1-3-6-14/h1-3,5-6,17H,4,7-13H2. The SMILES string of the molecule is O=C(CCCC(=O)OCCOCc1ccccc1)OCCO. The van der Waals surface area contributed by atoms with Gasteiger partial charge in [-0.15, -0.1) is 0 Å². The number of esters is 2. The molecular formula is C16H22O6. The predicted molar refractivity (Wildman–Crippen MR) is 79.0 cm³/mol. The van der Waals surface area contributed by atoms with Gasteiger partial charge >= 0.3 is 11.9 Å². The maximum atomic E-state index is 11.4. The van der Waals surface area contributed by atoms with E-state index in [4.69, 9.17) is 14.6 Å². The van der Waals surface area contributed by atoms with Crippen LogP contribution in [0.1, 0.15) is 24.8 Å². The summed E-state index contributed by atoms with van der Waals surface area (Å²) in [5.41, 5.74) is 1.07. The van der Waals surface area contributed by atoms with Crippen LogP contribution >= 0.6 is 0 Å². The molecule has 6 heteroatoms. The minimum absolute atomic E-state index is 0.0119. The zero-order valence-corrected chi connectivity index (χ0v) is 12.5. The fraction of sp³-hybridized carbons (Fsp3) is 0.500. The molecule has 0 aliphatic rings. The number of ether oxygens (including phenoxy) is 3. The quantitative estimate of drug-likeness (QED) is 0.492. The predicted octanol–water partition coefficient (Wildman–Crippen LogP) is 1.45. The summed E-state index contributed by atoms with van der Waals surface area (Å²) in [6.07, 6.45) is 0.667. The second-order valence-electron chi connectivity index (χ2n) is 4.56. The lowest BCUT2D eigenvalue weighted by molar-refractivity contribution is -0.146. The van der Waals surface area contributed by atoms with E-state index < -0.39 is 5.97 Å². The van der Waals surface area contributed by atoms with Gasteiger partial charge in [0, 0.05) is 12.8 Å². The van der Waals surface area contributed by atoms with Crippen molar-refractivity contribution < 1.29 is 28.9 Å². The molecule has 0 unspecified atom stereocenters. The lowest BCUT2D eigenvalue weighted by atomic mass is 10.2. The Morgan fingerprint density at radius 1 is 0.909 bits per heavy atom. The number of benzene rings is 1. The summed E-state index contributed by atoms with van der Waals surface area (Å²) < 4.78 is 15.0. The van der Waals surface area contributed by atoms with Gasteiger partial charge < -0.3 is 19.3 Å². The van der Waals surface area contributed by atoms with Gasteiger partial charge in [0.1, 0.15) is 13.2 Å². The van der Waals surface area contributed by atoms with Crippen molar-refractivity contribution in [3.05, 3.63) is 35.9 Å². The second-order valence-corrected chi connectivity index (χ2v) is 4.56. The largest absolute Gasteiger partial charge is 0.463 e. The smallest absolute Gasteiger partial charge is 0.305 e. The summed E-state index contributed by atoms with van der Waals surface area (Å²) in [5.74, 6) is -0.786. The van der Waals surface area contributed by atoms with Crippen molar-refractivity contribution in [1.82, 2.24) is 0 Å². The molecule has 1 rings (SSSR count). The summed E-state index contributed by atoms with van der Waals surface area (Å²) in [7, 11) is 0. The number of aliphatic hydroxyl groups excluding tert-OH is 1. The lowest BCUT2D eigenvalue weighted by Gasteiger charge is -2.06. The van der Waals surface area contributed by atoms with Crippen molar-refractivity contribution in [2.45, 2.75) is 25.9 Å². The summed E-state index contributed by atoms with van der Waals surface area (Å²) in [4.78, 5) is 22.5. The van der Waals surface area contributed by atoms with Gasteiger partial charge in [-0.1, -0.05) is 30.3 Å². The van der Waals surface area contributed by atoms with Crippen LogP contribution in [0.3, 0.4) is 0 Å². The molecule has 1 aromatic rings. The first-order valence-corrected chi connectivity index (χ1v) is 7.26. The Hall–Kier alpha value is -1.92. The average molecular weight is 310 g/mol. The Morgan fingerprint density at radius 3 is 2.18 bits per heavy atom. The van der Waals surface area contributed by atoms with E-state index in [9.17, 15) is 9.59 Å². The highest BCUT2D eigenvalue weighted by atomic mass is 16.6. The number of hydrogen-bond donors (Lipinski definition) is 1. The van der Waals surface area contributed by atoms with Crippen LogP contribution in [0, 0.1) is 0 Å². The third-order valence-electron chi connectivity index (χ3n) is 2.72. The van der Waals surface area contributed by atoms with E-state index in [1.807, 2.05) is 30.3 Å². The molecule has 0 spiro atoms. The summed E-state index contributed by atoms with van der Waals surface area (Å²) >= 11 is 0. The van der Waals surface area contributed by atoms with Crippen molar-refractivity contribution in [1.29, 1.82) is 0 Å². The van der Waals surface area contributed by atoms with Crippen molar-refractivity contribution in [2.24, 2.45) is 0 Å². The van der Waals surface area contributed by atoms with Gasteiger partial charge in [0.15, 0.2) is 0 Å². The van der Waals surface area contributed by atoms with Crippen LogP contribution < -0.4 is 0 Å². The number of rotatable bonds is 11. The molecule has 0 fully saturated rings. The van der Waals surface area contributed by atoms with Gasteiger partial charge in [0.25, 0.3) is 0 Å². The first-order chi connectivity index (χ1) is 10.7. The number of hydrogen-bond acceptors (Lipinski definition) is 6. The molecule has 0 radical (unpaired) electrons. The van der Waals surface area contributed by atoms with Crippen LogP contribution in [0.4, 0.5) is 0 Å². The number of carbonyl (C=O) groups is 2. The maximum Gasteiger partial charge on any atom is 0.305 e. The molecule has 0 atom stereocenters. The van der Waals surface area contributed by atoms with Gasteiger partial charge in [-0.25, -0.2) is 0 Å². The minimum atomic E-state index is -0.423. The van der Waals surface area contributed by atoms with Gasteiger partial charge in [0.05, 0.1) is 19.8 Å². The molecule has 0 aliphatic carbocycles. The summed E-state index contributed by atoms with van der Waals surface area (Å²) in [5, 5.41) is 8.48.